The molecule has 4 N–H and O–H groups in total. The highest BCUT2D eigenvalue weighted by Gasteiger charge is 2.25. The maximum atomic E-state index is 9.30. The molecule has 1 aromatic heterocycles. The monoisotopic (exact) mass is 222 g/mol. The quantitative estimate of drug-likeness (QED) is 0.711. The van der Waals surface area contributed by atoms with E-state index in [2.05, 4.69) is 15.3 Å². The number of nitrogens with zero attached hydrogens (tertiary/aromatic N) is 2. The number of nitrogen functional groups attached to an aromatic ring is 1. The van der Waals surface area contributed by atoms with E-state index in [0.29, 0.717) is 17.6 Å². The molecule has 0 radical (unpaired) electrons. The lowest BCUT2D eigenvalue weighted by Gasteiger charge is -2.31. The summed E-state index contributed by atoms with van der Waals surface area (Å²) in [5.74, 6) is 1.35. The third-order valence-corrected chi connectivity index (χ3v) is 3.19. The lowest BCUT2D eigenvalue weighted by atomic mass is 9.85. The highest BCUT2D eigenvalue weighted by atomic mass is 16.3. The molecule has 1 aliphatic rings. The van der Waals surface area contributed by atoms with Crippen LogP contribution in [0.15, 0.2) is 12.4 Å². The third-order valence-electron chi connectivity index (χ3n) is 3.19. The lowest BCUT2D eigenvalue weighted by Crippen LogP contribution is -2.34. The fraction of sp³-hybridized carbons (Fsp3) is 0.636. The highest BCUT2D eigenvalue weighted by molar-refractivity contribution is 5.55. The number of aliphatic hydroxyl groups excluding tert-OH is 1. The molecule has 1 aliphatic carbocycles. The smallest absolute Gasteiger partial charge is 0.169 e. The molecule has 2 atom stereocenters. The van der Waals surface area contributed by atoms with Gasteiger partial charge in [0, 0.05) is 31.0 Å². The van der Waals surface area contributed by atoms with E-state index in [-0.39, 0.29) is 12.6 Å². The van der Waals surface area contributed by atoms with Gasteiger partial charge in [0.1, 0.15) is 0 Å². The van der Waals surface area contributed by atoms with Gasteiger partial charge in [-0.15, -0.1) is 0 Å². The van der Waals surface area contributed by atoms with E-state index in [1.54, 1.807) is 12.4 Å². The van der Waals surface area contributed by atoms with Crippen LogP contribution in [0.2, 0.25) is 0 Å². The topological polar surface area (TPSA) is 84.1 Å². The lowest BCUT2D eigenvalue weighted by molar-refractivity contribution is 0.178. The average Bonchev–Trinajstić information content (AvgIpc) is 2.33. The SMILES string of the molecule is Nc1nccnc1NC1CCCCC1CO. The minimum atomic E-state index is 0.220. The molecule has 1 saturated carbocycles. The Kier molecular flexibility index (Phi) is 3.56. The van der Waals surface area contributed by atoms with Crippen molar-refractivity contribution in [1.82, 2.24) is 9.97 Å². The van der Waals surface area contributed by atoms with Crippen LogP contribution in [0.4, 0.5) is 11.6 Å². The molecule has 1 heterocycles. The normalized spacial score (nSPS) is 25.3. The predicted octanol–water partition coefficient (Wildman–Crippen LogP) is 1.02. The van der Waals surface area contributed by atoms with Gasteiger partial charge < -0.3 is 16.2 Å². The predicted molar refractivity (Wildman–Crippen MR) is 62.9 cm³/mol. The Hall–Kier alpha value is -1.36. The van der Waals surface area contributed by atoms with Gasteiger partial charge in [-0.25, -0.2) is 9.97 Å². The number of aliphatic hydroxyl groups is 1. The van der Waals surface area contributed by atoms with Gasteiger partial charge in [-0.3, -0.25) is 0 Å². The van der Waals surface area contributed by atoms with E-state index in [1.165, 1.54) is 12.8 Å². The highest BCUT2D eigenvalue weighted by Crippen LogP contribution is 2.27. The number of rotatable bonds is 3. The number of hydrogen-bond acceptors (Lipinski definition) is 5. The minimum absolute atomic E-state index is 0.220. The van der Waals surface area contributed by atoms with Crippen molar-refractivity contribution < 1.29 is 5.11 Å². The second-order valence-corrected chi connectivity index (χ2v) is 4.27. The molecule has 88 valence electrons. The molecule has 5 heteroatoms. The van der Waals surface area contributed by atoms with Crippen molar-refractivity contribution in [1.29, 1.82) is 0 Å². The Balaban J connectivity index is 2.05. The van der Waals surface area contributed by atoms with Crippen LogP contribution < -0.4 is 11.1 Å². The van der Waals surface area contributed by atoms with Crippen molar-refractivity contribution in [2.45, 2.75) is 31.7 Å². The number of aromatic nitrogens is 2. The summed E-state index contributed by atoms with van der Waals surface area (Å²) in [5, 5.41) is 12.6. The molecule has 0 bridgehead atoms. The summed E-state index contributed by atoms with van der Waals surface area (Å²) >= 11 is 0. The van der Waals surface area contributed by atoms with Gasteiger partial charge in [0.25, 0.3) is 0 Å². The zero-order chi connectivity index (χ0) is 11.4. The van der Waals surface area contributed by atoms with Crippen LogP contribution in [0.3, 0.4) is 0 Å². The molecule has 2 rings (SSSR count). The number of anilines is 2. The molecule has 0 amide bonds. The van der Waals surface area contributed by atoms with Crippen molar-refractivity contribution in [3.8, 4) is 0 Å². The first-order valence-corrected chi connectivity index (χ1v) is 5.75. The van der Waals surface area contributed by atoms with Gasteiger partial charge in [-0.1, -0.05) is 12.8 Å². The number of nitrogens with two attached hydrogens (primary N) is 1. The molecule has 1 fully saturated rings. The summed E-state index contributed by atoms with van der Waals surface area (Å²) in [6.07, 6.45) is 7.70. The van der Waals surface area contributed by atoms with Crippen LogP contribution in [-0.4, -0.2) is 27.7 Å². The summed E-state index contributed by atoms with van der Waals surface area (Å²) < 4.78 is 0. The van der Waals surface area contributed by atoms with E-state index in [1.807, 2.05) is 0 Å². The van der Waals surface area contributed by atoms with E-state index in [4.69, 9.17) is 5.73 Å². The third kappa shape index (κ3) is 2.41. The van der Waals surface area contributed by atoms with Crippen molar-refractivity contribution in [2.24, 2.45) is 5.92 Å². The van der Waals surface area contributed by atoms with E-state index in [0.717, 1.165) is 12.8 Å². The van der Waals surface area contributed by atoms with Gasteiger partial charge in [-0.2, -0.15) is 0 Å². The molecule has 5 nitrogen and oxygen atoms in total. The second kappa shape index (κ2) is 5.12. The van der Waals surface area contributed by atoms with Crippen molar-refractivity contribution in [3.05, 3.63) is 12.4 Å². The number of nitrogens with one attached hydrogen (secondary N) is 1. The Labute approximate surface area is 95.1 Å². The standard InChI is InChI=1S/C11H18N4O/c12-10-11(14-6-5-13-10)15-9-4-2-1-3-8(9)7-16/h5-6,8-9,16H,1-4,7H2,(H2,12,13)(H,14,15). The zero-order valence-electron chi connectivity index (χ0n) is 9.26. The van der Waals surface area contributed by atoms with Crippen LogP contribution in [0.5, 0.6) is 0 Å². The Bertz CT molecular complexity index is 345. The van der Waals surface area contributed by atoms with Crippen LogP contribution in [0, 0.1) is 5.92 Å². The first kappa shape index (κ1) is 11.1. The van der Waals surface area contributed by atoms with Gasteiger partial charge in [-0.05, 0) is 12.8 Å². The summed E-state index contributed by atoms with van der Waals surface area (Å²) in [5.41, 5.74) is 5.73. The van der Waals surface area contributed by atoms with Gasteiger partial charge >= 0.3 is 0 Å². The van der Waals surface area contributed by atoms with Crippen LogP contribution >= 0.6 is 0 Å². The summed E-state index contributed by atoms with van der Waals surface area (Å²) in [4.78, 5) is 8.15. The number of hydrogen-bond donors (Lipinski definition) is 3. The van der Waals surface area contributed by atoms with Crippen molar-refractivity contribution in [3.63, 3.8) is 0 Å². The zero-order valence-corrected chi connectivity index (χ0v) is 9.26. The molecule has 0 aromatic carbocycles. The molecule has 0 aliphatic heterocycles. The Morgan fingerprint density at radius 3 is 2.81 bits per heavy atom. The minimum Gasteiger partial charge on any atom is -0.396 e. The first-order valence-electron chi connectivity index (χ1n) is 5.75. The molecule has 0 spiro atoms. The molecule has 1 aromatic rings. The summed E-state index contributed by atoms with van der Waals surface area (Å²) in [6, 6.07) is 0.262. The Morgan fingerprint density at radius 1 is 1.31 bits per heavy atom. The van der Waals surface area contributed by atoms with E-state index < -0.39 is 0 Å². The summed E-state index contributed by atoms with van der Waals surface area (Å²) in [6.45, 7) is 0.220. The molecular formula is C11H18N4O. The van der Waals surface area contributed by atoms with Crippen molar-refractivity contribution in [2.75, 3.05) is 17.7 Å². The average molecular weight is 222 g/mol. The van der Waals surface area contributed by atoms with Crippen LogP contribution in [-0.2, 0) is 0 Å². The largest absolute Gasteiger partial charge is 0.396 e. The van der Waals surface area contributed by atoms with Gasteiger partial charge in [0.15, 0.2) is 11.6 Å². The molecular weight excluding hydrogens is 204 g/mol. The maximum Gasteiger partial charge on any atom is 0.169 e. The van der Waals surface area contributed by atoms with Gasteiger partial charge in [0.2, 0.25) is 0 Å². The fourth-order valence-corrected chi connectivity index (χ4v) is 2.25. The molecule has 2 unspecified atom stereocenters. The summed E-state index contributed by atoms with van der Waals surface area (Å²) in [7, 11) is 0. The maximum absolute atomic E-state index is 9.30. The van der Waals surface area contributed by atoms with Crippen LogP contribution in [0.25, 0.3) is 0 Å². The molecule has 16 heavy (non-hydrogen) atoms. The fourth-order valence-electron chi connectivity index (χ4n) is 2.25. The van der Waals surface area contributed by atoms with Gasteiger partial charge in [0.05, 0.1) is 0 Å². The van der Waals surface area contributed by atoms with E-state index >= 15 is 0 Å². The van der Waals surface area contributed by atoms with E-state index in [9.17, 15) is 5.11 Å². The van der Waals surface area contributed by atoms with Crippen molar-refractivity contribution >= 4 is 11.6 Å². The second-order valence-electron chi connectivity index (χ2n) is 4.27. The Morgan fingerprint density at radius 2 is 2.06 bits per heavy atom. The first-order chi connectivity index (χ1) is 7.81. The molecule has 0 saturated heterocycles. The van der Waals surface area contributed by atoms with Crippen LogP contribution in [0.1, 0.15) is 25.7 Å².